The van der Waals surface area contributed by atoms with E-state index >= 15 is 0 Å². The molecule has 3 rings (SSSR count). The van der Waals surface area contributed by atoms with E-state index in [4.69, 9.17) is 0 Å². The monoisotopic (exact) mass is 287 g/mol. The van der Waals surface area contributed by atoms with Crippen LogP contribution in [0.25, 0.3) is 5.69 Å². The van der Waals surface area contributed by atoms with Crippen molar-refractivity contribution in [2.45, 2.75) is 25.1 Å². The van der Waals surface area contributed by atoms with Crippen molar-refractivity contribution in [3.63, 3.8) is 0 Å². The lowest BCUT2D eigenvalue weighted by atomic mass is 10.1. The molecule has 0 saturated carbocycles. The normalized spacial score (nSPS) is 18.8. The third kappa shape index (κ3) is 2.45. The van der Waals surface area contributed by atoms with Crippen LogP contribution in [-0.2, 0) is 11.3 Å². The van der Waals surface area contributed by atoms with Gasteiger partial charge in [0.25, 0.3) is 0 Å². The molecule has 1 aliphatic rings. The van der Waals surface area contributed by atoms with Crippen LogP contribution in [0.15, 0.2) is 36.7 Å². The summed E-state index contributed by atoms with van der Waals surface area (Å²) in [5.74, 6) is 1.12. The Labute approximate surface area is 123 Å². The Kier molecular flexibility index (Phi) is 3.53. The number of imidazole rings is 1. The van der Waals surface area contributed by atoms with Crippen molar-refractivity contribution in [1.29, 1.82) is 0 Å². The standard InChI is InChI=1S/C15H17N3OS/c1-11-16-6-7-18(11)14-5-3-2-4-12(14)9-17-10-13(20)8-15(17)19/h2-7,13,20H,8-10H2,1H3. The molecule has 0 spiro atoms. The van der Waals surface area contributed by atoms with Crippen LogP contribution in [0.1, 0.15) is 17.8 Å². The number of carbonyl (C=O) groups excluding carboxylic acids is 1. The van der Waals surface area contributed by atoms with Gasteiger partial charge < -0.3 is 9.47 Å². The SMILES string of the molecule is Cc1nccn1-c1ccccc1CN1CC(S)CC1=O. The number of likely N-dealkylation sites (tertiary alicyclic amines) is 1. The molecule has 4 nitrogen and oxygen atoms in total. The molecule has 1 atom stereocenters. The molecule has 5 heteroatoms. The van der Waals surface area contributed by atoms with Crippen molar-refractivity contribution >= 4 is 18.5 Å². The summed E-state index contributed by atoms with van der Waals surface area (Å²) in [6.45, 7) is 3.32. The molecule has 0 aliphatic carbocycles. The lowest BCUT2D eigenvalue weighted by molar-refractivity contribution is -0.128. The van der Waals surface area contributed by atoms with Crippen LogP contribution in [0, 0.1) is 6.92 Å². The number of amides is 1. The molecule has 1 aliphatic heterocycles. The Morgan fingerprint density at radius 3 is 2.85 bits per heavy atom. The topological polar surface area (TPSA) is 38.1 Å². The predicted molar refractivity (Wildman–Crippen MR) is 81.1 cm³/mol. The molecule has 1 amide bonds. The molecule has 1 fully saturated rings. The van der Waals surface area contributed by atoms with Gasteiger partial charge in [0, 0.05) is 37.2 Å². The van der Waals surface area contributed by atoms with E-state index in [0.717, 1.165) is 23.6 Å². The molecule has 2 aromatic rings. The highest BCUT2D eigenvalue weighted by Gasteiger charge is 2.27. The van der Waals surface area contributed by atoms with Crippen molar-refractivity contribution in [3.8, 4) is 5.69 Å². The van der Waals surface area contributed by atoms with Crippen LogP contribution in [-0.4, -0.2) is 32.2 Å². The maximum Gasteiger partial charge on any atom is 0.224 e. The van der Waals surface area contributed by atoms with Gasteiger partial charge in [-0.1, -0.05) is 18.2 Å². The van der Waals surface area contributed by atoms with Crippen molar-refractivity contribution in [2.75, 3.05) is 6.54 Å². The molecular weight excluding hydrogens is 270 g/mol. The number of carbonyl (C=O) groups is 1. The quantitative estimate of drug-likeness (QED) is 0.879. The number of para-hydroxylation sites is 1. The summed E-state index contributed by atoms with van der Waals surface area (Å²) in [5, 5.41) is 0.157. The zero-order valence-corrected chi connectivity index (χ0v) is 12.3. The highest BCUT2D eigenvalue weighted by molar-refractivity contribution is 7.81. The average Bonchev–Trinajstić information content (AvgIpc) is 2.97. The first-order valence-corrected chi connectivity index (χ1v) is 7.21. The number of hydrogen-bond acceptors (Lipinski definition) is 3. The number of thiol groups is 1. The highest BCUT2D eigenvalue weighted by Crippen LogP contribution is 2.22. The van der Waals surface area contributed by atoms with Gasteiger partial charge in [-0.3, -0.25) is 4.79 Å². The van der Waals surface area contributed by atoms with E-state index in [0.29, 0.717) is 13.0 Å². The third-order valence-electron chi connectivity index (χ3n) is 3.63. The number of benzene rings is 1. The summed E-state index contributed by atoms with van der Waals surface area (Å²) in [7, 11) is 0. The largest absolute Gasteiger partial charge is 0.337 e. The van der Waals surface area contributed by atoms with Crippen LogP contribution in [0.5, 0.6) is 0 Å². The fraction of sp³-hybridized carbons (Fsp3) is 0.333. The van der Waals surface area contributed by atoms with Gasteiger partial charge in [-0.15, -0.1) is 0 Å². The first kappa shape index (κ1) is 13.2. The van der Waals surface area contributed by atoms with Crippen LogP contribution in [0.2, 0.25) is 0 Å². The Bertz CT molecular complexity index is 638. The Balaban J connectivity index is 1.91. The zero-order chi connectivity index (χ0) is 14.1. The average molecular weight is 287 g/mol. The van der Waals surface area contributed by atoms with Gasteiger partial charge in [0.1, 0.15) is 5.82 Å². The van der Waals surface area contributed by atoms with Crippen LogP contribution < -0.4 is 0 Å². The maximum absolute atomic E-state index is 11.9. The van der Waals surface area contributed by atoms with E-state index in [9.17, 15) is 4.79 Å². The fourth-order valence-corrected chi connectivity index (χ4v) is 2.98. The maximum atomic E-state index is 11.9. The second-order valence-corrected chi connectivity index (χ2v) is 5.84. The molecule has 1 aromatic heterocycles. The molecule has 0 radical (unpaired) electrons. The van der Waals surface area contributed by atoms with E-state index in [-0.39, 0.29) is 11.2 Å². The lowest BCUT2D eigenvalue weighted by Gasteiger charge is -2.19. The minimum absolute atomic E-state index is 0.157. The Morgan fingerprint density at radius 1 is 1.40 bits per heavy atom. The molecule has 0 N–H and O–H groups in total. The lowest BCUT2D eigenvalue weighted by Crippen LogP contribution is -2.25. The van der Waals surface area contributed by atoms with Crippen LogP contribution in [0.4, 0.5) is 0 Å². The van der Waals surface area contributed by atoms with Gasteiger partial charge in [-0.25, -0.2) is 4.98 Å². The van der Waals surface area contributed by atoms with Gasteiger partial charge in [0.15, 0.2) is 0 Å². The molecule has 0 bridgehead atoms. The van der Waals surface area contributed by atoms with E-state index < -0.39 is 0 Å². The van der Waals surface area contributed by atoms with E-state index in [1.54, 1.807) is 6.20 Å². The van der Waals surface area contributed by atoms with E-state index in [2.05, 4.69) is 29.7 Å². The first-order chi connectivity index (χ1) is 9.65. The van der Waals surface area contributed by atoms with Crippen molar-refractivity contribution in [1.82, 2.24) is 14.5 Å². The number of nitrogens with zero attached hydrogens (tertiary/aromatic N) is 3. The molecule has 20 heavy (non-hydrogen) atoms. The second-order valence-electron chi connectivity index (χ2n) is 5.11. The minimum Gasteiger partial charge on any atom is -0.337 e. The van der Waals surface area contributed by atoms with E-state index in [1.165, 1.54) is 0 Å². The van der Waals surface area contributed by atoms with E-state index in [1.807, 2.05) is 34.7 Å². The number of aryl methyl sites for hydroxylation is 1. The third-order valence-corrected chi connectivity index (χ3v) is 3.98. The van der Waals surface area contributed by atoms with Crippen molar-refractivity contribution < 1.29 is 4.79 Å². The van der Waals surface area contributed by atoms with Crippen LogP contribution in [0.3, 0.4) is 0 Å². The van der Waals surface area contributed by atoms with Gasteiger partial charge >= 0.3 is 0 Å². The summed E-state index contributed by atoms with van der Waals surface area (Å²) in [6.07, 6.45) is 4.27. The molecule has 2 heterocycles. The summed E-state index contributed by atoms with van der Waals surface area (Å²) in [6, 6.07) is 8.13. The fourth-order valence-electron chi connectivity index (χ4n) is 2.62. The van der Waals surface area contributed by atoms with Crippen molar-refractivity contribution in [2.24, 2.45) is 0 Å². The van der Waals surface area contributed by atoms with Crippen LogP contribution >= 0.6 is 12.6 Å². The Morgan fingerprint density at radius 2 is 2.20 bits per heavy atom. The number of rotatable bonds is 3. The van der Waals surface area contributed by atoms with Crippen molar-refractivity contribution in [3.05, 3.63) is 48.0 Å². The van der Waals surface area contributed by atoms with Gasteiger partial charge in [-0.2, -0.15) is 12.6 Å². The highest BCUT2D eigenvalue weighted by atomic mass is 32.1. The molecule has 104 valence electrons. The minimum atomic E-state index is 0.157. The number of hydrogen-bond donors (Lipinski definition) is 1. The predicted octanol–water partition coefficient (Wildman–Crippen LogP) is 2.21. The summed E-state index contributed by atoms with van der Waals surface area (Å²) < 4.78 is 2.05. The van der Waals surface area contributed by atoms with Gasteiger partial charge in [0.05, 0.1) is 5.69 Å². The molecule has 1 saturated heterocycles. The smallest absolute Gasteiger partial charge is 0.224 e. The zero-order valence-electron chi connectivity index (χ0n) is 11.4. The summed E-state index contributed by atoms with van der Waals surface area (Å²) in [5.41, 5.74) is 2.21. The molecule has 1 aromatic carbocycles. The molecular formula is C15H17N3OS. The number of aromatic nitrogens is 2. The first-order valence-electron chi connectivity index (χ1n) is 6.69. The molecule has 1 unspecified atom stereocenters. The summed E-state index contributed by atoms with van der Waals surface area (Å²) in [4.78, 5) is 18.1. The van der Waals surface area contributed by atoms with Gasteiger partial charge in [0.2, 0.25) is 5.91 Å². The van der Waals surface area contributed by atoms with Gasteiger partial charge in [-0.05, 0) is 18.6 Å². The second kappa shape index (κ2) is 5.32. The Hall–Kier alpha value is -1.75. The summed E-state index contributed by atoms with van der Waals surface area (Å²) >= 11 is 4.40.